The van der Waals surface area contributed by atoms with Crippen LogP contribution in [0.3, 0.4) is 0 Å². The van der Waals surface area contributed by atoms with Gasteiger partial charge in [-0.3, -0.25) is 9.20 Å². The first kappa shape index (κ1) is 17.5. The highest BCUT2D eigenvalue weighted by Gasteiger charge is 2.34. The molecule has 2 heterocycles. The predicted octanol–water partition coefficient (Wildman–Crippen LogP) is 5.38. The molecule has 0 N–H and O–H groups in total. The zero-order valence-corrected chi connectivity index (χ0v) is 16.3. The van der Waals surface area contributed by atoms with Crippen molar-refractivity contribution in [2.75, 3.05) is 7.11 Å². The quantitative estimate of drug-likeness (QED) is 0.563. The number of methoxy groups -OCH3 is 1. The average Bonchev–Trinajstić information content (AvgIpc) is 3.49. The first-order chi connectivity index (χ1) is 13.7. The molecule has 0 unspecified atom stereocenters. The number of hydrogen-bond donors (Lipinski definition) is 0. The lowest BCUT2D eigenvalue weighted by Crippen LogP contribution is -2.24. The fraction of sp³-hybridized carbons (Fsp3) is 0.417. The van der Waals surface area contributed by atoms with Crippen LogP contribution in [0.5, 0.6) is 5.75 Å². The van der Waals surface area contributed by atoms with Crippen LogP contribution < -0.4 is 4.74 Å². The fourth-order valence-corrected chi connectivity index (χ4v) is 4.75. The van der Waals surface area contributed by atoms with Crippen LogP contribution in [0.25, 0.3) is 5.52 Å². The first-order valence-electron chi connectivity index (χ1n) is 10.4. The standard InChI is InChI=1S/C24H26N2O2/c1-28-21-11-8-17(9-12-21)16-2-6-19(7-3-16)24(27)23-22(18-4-5-18)13-10-20-14-25-15-26(20)23/h8-16,18-19H,2-7H2,1H3. The van der Waals surface area contributed by atoms with E-state index in [0.29, 0.717) is 17.6 Å². The normalized spacial score (nSPS) is 22.3. The number of aromatic nitrogens is 2. The van der Waals surface area contributed by atoms with Gasteiger partial charge in [0.05, 0.1) is 30.8 Å². The fourth-order valence-electron chi connectivity index (χ4n) is 4.75. The van der Waals surface area contributed by atoms with Gasteiger partial charge in [0.2, 0.25) is 0 Å². The van der Waals surface area contributed by atoms with Gasteiger partial charge in [0, 0.05) is 5.92 Å². The number of Topliss-reactive ketones (excluding diaryl/α,β-unsaturated/α-hetero) is 1. The van der Waals surface area contributed by atoms with Crippen LogP contribution in [-0.4, -0.2) is 22.3 Å². The number of imidazole rings is 1. The number of carbonyl (C=O) groups excluding carboxylic acids is 1. The van der Waals surface area contributed by atoms with Crippen LogP contribution in [0.2, 0.25) is 0 Å². The number of ether oxygens (including phenoxy) is 1. The van der Waals surface area contributed by atoms with Gasteiger partial charge in [-0.25, -0.2) is 4.98 Å². The van der Waals surface area contributed by atoms with Crippen molar-refractivity contribution in [1.82, 2.24) is 9.38 Å². The molecule has 144 valence electrons. The molecule has 28 heavy (non-hydrogen) atoms. The number of nitrogens with zero attached hydrogens (tertiary/aromatic N) is 2. The molecular formula is C24H26N2O2. The molecule has 0 spiro atoms. The Morgan fingerprint density at radius 1 is 0.964 bits per heavy atom. The Balaban J connectivity index is 1.35. The summed E-state index contributed by atoms with van der Waals surface area (Å²) in [5.74, 6) is 2.44. The zero-order valence-electron chi connectivity index (χ0n) is 16.3. The van der Waals surface area contributed by atoms with Gasteiger partial charge in [-0.15, -0.1) is 0 Å². The highest BCUT2D eigenvalue weighted by Crippen LogP contribution is 2.44. The van der Waals surface area contributed by atoms with E-state index in [-0.39, 0.29) is 5.92 Å². The van der Waals surface area contributed by atoms with Crippen molar-refractivity contribution in [3.05, 3.63) is 65.7 Å². The second kappa shape index (κ2) is 7.08. The van der Waals surface area contributed by atoms with E-state index in [4.69, 9.17) is 4.74 Å². The van der Waals surface area contributed by atoms with Crippen molar-refractivity contribution in [2.24, 2.45) is 5.92 Å². The van der Waals surface area contributed by atoms with E-state index in [1.807, 2.05) is 22.7 Å². The molecule has 0 amide bonds. The van der Waals surface area contributed by atoms with E-state index in [0.717, 1.165) is 42.6 Å². The Kier molecular flexibility index (Phi) is 4.42. The number of ketones is 1. The third-order valence-corrected chi connectivity index (χ3v) is 6.55. The van der Waals surface area contributed by atoms with E-state index < -0.39 is 0 Å². The highest BCUT2D eigenvalue weighted by molar-refractivity contribution is 5.98. The maximum atomic E-state index is 13.5. The van der Waals surface area contributed by atoms with Crippen LogP contribution in [0.15, 0.2) is 48.9 Å². The number of benzene rings is 1. The molecule has 5 rings (SSSR count). The smallest absolute Gasteiger partial charge is 0.182 e. The second-order valence-corrected chi connectivity index (χ2v) is 8.29. The summed E-state index contributed by atoms with van der Waals surface area (Å²) in [6, 6.07) is 12.7. The van der Waals surface area contributed by atoms with E-state index >= 15 is 0 Å². The minimum atomic E-state index is 0.125. The van der Waals surface area contributed by atoms with Gasteiger partial charge in [0.1, 0.15) is 5.75 Å². The molecule has 2 aromatic heterocycles. The van der Waals surface area contributed by atoms with Gasteiger partial charge >= 0.3 is 0 Å². The lowest BCUT2D eigenvalue weighted by Gasteiger charge is -2.28. The molecule has 2 saturated carbocycles. The highest BCUT2D eigenvalue weighted by atomic mass is 16.5. The molecule has 0 aliphatic heterocycles. The zero-order chi connectivity index (χ0) is 19.1. The topological polar surface area (TPSA) is 43.6 Å². The maximum absolute atomic E-state index is 13.5. The SMILES string of the molecule is COc1ccc(C2CCC(C(=O)c3c(C4CC4)ccc4cncn34)CC2)cc1. The molecule has 2 fully saturated rings. The van der Waals surface area contributed by atoms with Crippen molar-refractivity contribution in [3.8, 4) is 5.75 Å². The Morgan fingerprint density at radius 3 is 2.36 bits per heavy atom. The minimum absolute atomic E-state index is 0.125. The first-order valence-corrected chi connectivity index (χ1v) is 10.4. The molecule has 2 aliphatic carbocycles. The number of hydrogen-bond acceptors (Lipinski definition) is 3. The third-order valence-electron chi connectivity index (χ3n) is 6.55. The van der Waals surface area contributed by atoms with Crippen LogP contribution in [0.4, 0.5) is 0 Å². The van der Waals surface area contributed by atoms with Crippen molar-refractivity contribution in [1.29, 1.82) is 0 Å². The third kappa shape index (κ3) is 3.11. The number of pyridine rings is 1. The molecule has 0 atom stereocenters. The Bertz CT molecular complexity index is 993. The van der Waals surface area contributed by atoms with E-state index in [9.17, 15) is 4.79 Å². The Morgan fingerprint density at radius 2 is 1.68 bits per heavy atom. The minimum Gasteiger partial charge on any atom is -0.497 e. The van der Waals surface area contributed by atoms with Crippen LogP contribution >= 0.6 is 0 Å². The van der Waals surface area contributed by atoms with E-state index in [1.165, 1.54) is 24.0 Å². The van der Waals surface area contributed by atoms with Gasteiger partial charge in [-0.1, -0.05) is 18.2 Å². The Hall–Kier alpha value is -2.62. The predicted molar refractivity (Wildman–Crippen MR) is 109 cm³/mol. The summed E-state index contributed by atoms with van der Waals surface area (Å²) in [4.78, 5) is 17.8. The van der Waals surface area contributed by atoms with E-state index in [1.54, 1.807) is 13.4 Å². The number of fused-ring (bicyclic) bond motifs is 1. The lowest BCUT2D eigenvalue weighted by atomic mass is 9.76. The summed E-state index contributed by atoms with van der Waals surface area (Å²) in [5, 5.41) is 0. The molecule has 2 aliphatic rings. The van der Waals surface area contributed by atoms with Crippen LogP contribution in [0.1, 0.15) is 72.0 Å². The molecular weight excluding hydrogens is 348 g/mol. The lowest BCUT2D eigenvalue weighted by molar-refractivity contribution is 0.0876. The number of carbonyl (C=O) groups is 1. The second-order valence-electron chi connectivity index (χ2n) is 8.29. The summed E-state index contributed by atoms with van der Waals surface area (Å²) in [6.07, 6.45) is 10.1. The molecule has 1 aromatic carbocycles. The summed E-state index contributed by atoms with van der Waals surface area (Å²) >= 11 is 0. The summed E-state index contributed by atoms with van der Waals surface area (Å²) in [7, 11) is 1.70. The largest absolute Gasteiger partial charge is 0.497 e. The molecule has 0 radical (unpaired) electrons. The molecule has 4 heteroatoms. The van der Waals surface area contributed by atoms with Crippen molar-refractivity contribution in [3.63, 3.8) is 0 Å². The molecule has 3 aromatic rings. The Labute approximate surface area is 165 Å². The van der Waals surface area contributed by atoms with Gasteiger partial charge < -0.3 is 4.74 Å². The van der Waals surface area contributed by atoms with Crippen molar-refractivity contribution < 1.29 is 9.53 Å². The van der Waals surface area contributed by atoms with Gasteiger partial charge in [-0.2, -0.15) is 0 Å². The van der Waals surface area contributed by atoms with Crippen LogP contribution in [0, 0.1) is 5.92 Å². The van der Waals surface area contributed by atoms with Crippen LogP contribution in [-0.2, 0) is 0 Å². The summed E-state index contributed by atoms with van der Waals surface area (Å²) < 4.78 is 7.29. The molecule has 4 nitrogen and oxygen atoms in total. The van der Waals surface area contributed by atoms with Gasteiger partial charge in [-0.05, 0) is 79.7 Å². The van der Waals surface area contributed by atoms with Gasteiger partial charge in [0.25, 0.3) is 0 Å². The number of rotatable bonds is 5. The van der Waals surface area contributed by atoms with Crippen molar-refractivity contribution in [2.45, 2.75) is 50.4 Å². The van der Waals surface area contributed by atoms with E-state index in [2.05, 4.69) is 29.2 Å². The monoisotopic (exact) mass is 374 g/mol. The molecule has 0 bridgehead atoms. The summed E-state index contributed by atoms with van der Waals surface area (Å²) in [6.45, 7) is 0. The van der Waals surface area contributed by atoms with Crippen molar-refractivity contribution >= 4 is 11.3 Å². The molecule has 0 saturated heterocycles. The summed E-state index contributed by atoms with van der Waals surface area (Å²) in [5.41, 5.74) is 4.50. The average molecular weight is 374 g/mol. The van der Waals surface area contributed by atoms with Gasteiger partial charge in [0.15, 0.2) is 5.78 Å². The maximum Gasteiger partial charge on any atom is 0.182 e.